The number of carbonyl (C=O) groups excluding carboxylic acids is 6. The third-order valence-corrected chi connectivity index (χ3v) is 14.9. The molecule has 4 aromatic rings. The largest absolute Gasteiger partial charge is 0.458 e. The number of amides is 5. The molecule has 0 bridgehead atoms. The van der Waals surface area contributed by atoms with Crippen molar-refractivity contribution in [2.75, 3.05) is 60.1 Å². The molecule has 5 amide bonds. The van der Waals surface area contributed by atoms with E-state index in [2.05, 4.69) is 43.1 Å². The molecule has 80 heavy (non-hydrogen) atoms. The minimum absolute atomic E-state index is 0.00830. The second-order valence-corrected chi connectivity index (χ2v) is 22.7. The summed E-state index contributed by atoms with van der Waals surface area (Å²) in [5.41, 5.74) is 1.40. The third kappa shape index (κ3) is 14.3. The van der Waals surface area contributed by atoms with Crippen molar-refractivity contribution in [3.05, 3.63) is 68.8 Å². The molecule has 0 saturated heterocycles. The lowest BCUT2D eigenvalue weighted by molar-refractivity contribution is -0.172. The maximum Gasteiger partial charge on any atom is 0.343 e. The van der Waals surface area contributed by atoms with Crippen molar-refractivity contribution in [1.82, 2.24) is 50.6 Å². The molecule has 0 aliphatic carbocycles. The molecule has 0 fully saturated rings. The highest BCUT2D eigenvalue weighted by atomic mass is 32.2. The number of hydrogen-bond donors (Lipinski definition) is 5. The average molecular weight is 1130 g/mol. The molecule has 3 aliphatic rings. The Morgan fingerprint density at radius 1 is 0.912 bits per heavy atom. The Bertz CT molecular complexity index is 3260. The molecule has 0 radical (unpaired) electrons. The number of fused-ring (bicyclic) bond motifs is 6. The second-order valence-electron chi connectivity index (χ2n) is 20.8. The minimum atomic E-state index is -3.55. The number of aromatic nitrogens is 4. The van der Waals surface area contributed by atoms with Crippen molar-refractivity contribution in [2.24, 2.45) is 5.92 Å². The number of carbonyl (C=O) groups is 6. The monoisotopic (exact) mass is 1130 g/mol. The fourth-order valence-corrected chi connectivity index (χ4v) is 10.1. The zero-order valence-corrected chi connectivity index (χ0v) is 47.2. The number of unbranched alkanes of at least 4 members (excludes halogenated alkanes) is 2. The van der Waals surface area contributed by atoms with Gasteiger partial charge in [-0.05, 0) is 96.6 Å². The predicted octanol–water partition coefficient (Wildman–Crippen LogP) is 1.57. The first-order valence-corrected chi connectivity index (χ1v) is 28.5. The number of benzene rings is 1. The minimum Gasteiger partial charge on any atom is -0.458 e. The maximum absolute atomic E-state index is 14.0. The summed E-state index contributed by atoms with van der Waals surface area (Å²) in [6.45, 7) is 8.53. The van der Waals surface area contributed by atoms with Gasteiger partial charge < -0.3 is 59.7 Å². The number of sulfone groups is 1. The average Bonchev–Trinajstić information content (AvgIpc) is 4.24. The van der Waals surface area contributed by atoms with Crippen molar-refractivity contribution in [3.63, 3.8) is 0 Å². The number of nitrogens with one attached hydrogen (secondary N) is 4. The number of esters is 1. The molecule has 3 atom stereocenters. The second kappa shape index (κ2) is 26.2. The van der Waals surface area contributed by atoms with Crippen molar-refractivity contribution in [3.8, 4) is 34.7 Å². The van der Waals surface area contributed by atoms with Gasteiger partial charge in [-0.25, -0.2) is 28.2 Å². The Labute approximate surface area is 464 Å². The Kier molecular flexibility index (Phi) is 19.7. The number of cyclic esters (lactones) is 1. The van der Waals surface area contributed by atoms with Gasteiger partial charge in [-0.15, -0.1) is 0 Å². The number of ether oxygens (including phenoxy) is 4. The van der Waals surface area contributed by atoms with E-state index in [4.69, 9.17) is 23.9 Å². The van der Waals surface area contributed by atoms with Gasteiger partial charge in [0.25, 0.3) is 5.56 Å². The van der Waals surface area contributed by atoms with Crippen LogP contribution in [0, 0.1) is 17.8 Å². The van der Waals surface area contributed by atoms with E-state index in [-0.39, 0.29) is 86.6 Å². The van der Waals surface area contributed by atoms with Gasteiger partial charge in [-0.3, -0.25) is 28.8 Å². The highest BCUT2D eigenvalue weighted by Gasteiger charge is 2.46. The summed E-state index contributed by atoms with van der Waals surface area (Å²) in [4.78, 5) is 110. The summed E-state index contributed by atoms with van der Waals surface area (Å²) in [6, 6.07) is 2.95. The molecule has 25 heteroatoms. The topological polar surface area (TPSA) is 309 Å². The van der Waals surface area contributed by atoms with E-state index in [1.165, 1.54) is 12.4 Å². The molecule has 0 saturated carbocycles. The van der Waals surface area contributed by atoms with Gasteiger partial charge >= 0.3 is 5.97 Å². The van der Waals surface area contributed by atoms with Gasteiger partial charge in [-0.2, -0.15) is 0 Å². The van der Waals surface area contributed by atoms with E-state index in [1.54, 1.807) is 42.4 Å². The van der Waals surface area contributed by atoms with E-state index < -0.39 is 75.8 Å². The lowest BCUT2D eigenvalue weighted by atomic mass is 9.86. The van der Waals surface area contributed by atoms with Crippen molar-refractivity contribution in [1.29, 1.82) is 0 Å². The summed E-state index contributed by atoms with van der Waals surface area (Å²) < 4.78 is 47.1. The van der Waals surface area contributed by atoms with Crippen LogP contribution in [0.3, 0.4) is 0 Å². The highest BCUT2D eigenvalue weighted by Crippen LogP contribution is 2.43. The van der Waals surface area contributed by atoms with E-state index >= 15 is 0 Å². The third-order valence-electron chi connectivity index (χ3n) is 14.0. The van der Waals surface area contributed by atoms with E-state index in [9.17, 15) is 47.1 Å². The molecular weight excluding hydrogens is 1060 g/mol. The summed E-state index contributed by atoms with van der Waals surface area (Å²) in [5, 5.41) is 22.5. The zero-order valence-electron chi connectivity index (χ0n) is 46.4. The lowest BCUT2D eigenvalue weighted by Gasteiger charge is -2.31. The van der Waals surface area contributed by atoms with Gasteiger partial charge in [-0.1, -0.05) is 32.6 Å². The van der Waals surface area contributed by atoms with Gasteiger partial charge in [0.2, 0.25) is 51.3 Å². The van der Waals surface area contributed by atoms with Crippen LogP contribution >= 0.6 is 0 Å². The molecule has 0 unspecified atom stereocenters. The highest BCUT2D eigenvalue weighted by molar-refractivity contribution is 7.90. The SMILES string of the molecule is CC[C@@]1(O)C(=O)OCc2c1cc1n(c2=O)Cc2c-1nc1cc3c(cc1c2CCN(C(=O)COCNC(=O)CNC(=O)[C@H](CCCCN(C)C)NC(=O)[C@@H](NC(=O)CCCC#Cc1cnc(S(C)(=O)=O)nc1)C(C)C)C(C)C)OCO3. The number of aliphatic hydroxyl groups is 1. The van der Waals surface area contributed by atoms with Crippen LogP contribution in [-0.4, -0.2) is 157 Å². The van der Waals surface area contributed by atoms with E-state index in [1.807, 2.05) is 38.9 Å². The molecule has 430 valence electrons. The van der Waals surface area contributed by atoms with Crippen LogP contribution in [0.25, 0.3) is 22.3 Å². The molecule has 6 heterocycles. The van der Waals surface area contributed by atoms with Gasteiger partial charge in [0.15, 0.2) is 17.1 Å². The van der Waals surface area contributed by atoms with Crippen molar-refractivity contribution < 1.29 is 61.2 Å². The molecule has 5 N–H and O–H groups in total. The molecule has 3 aliphatic heterocycles. The Morgan fingerprint density at radius 3 is 2.31 bits per heavy atom. The lowest BCUT2D eigenvalue weighted by Crippen LogP contribution is -2.56. The van der Waals surface area contributed by atoms with Crippen LogP contribution in [0.4, 0.5) is 0 Å². The van der Waals surface area contributed by atoms with E-state index in [0.29, 0.717) is 59.7 Å². The maximum atomic E-state index is 14.0. The summed E-state index contributed by atoms with van der Waals surface area (Å²) >= 11 is 0. The molecule has 3 aromatic heterocycles. The number of nitrogens with zero attached hydrogens (tertiary/aromatic N) is 6. The van der Waals surface area contributed by atoms with Crippen LogP contribution in [0.2, 0.25) is 0 Å². The predicted molar refractivity (Wildman–Crippen MR) is 290 cm³/mol. The van der Waals surface area contributed by atoms with Crippen molar-refractivity contribution >= 4 is 56.2 Å². The zero-order chi connectivity index (χ0) is 58.1. The molecular formula is C55H70N10O14S. The molecule has 0 spiro atoms. The summed E-state index contributed by atoms with van der Waals surface area (Å²) in [7, 11) is 0.298. The Hall–Kier alpha value is -7.53. The first-order valence-electron chi connectivity index (χ1n) is 26.6. The number of hydrogen-bond acceptors (Lipinski definition) is 18. The van der Waals surface area contributed by atoms with E-state index in [0.717, 1.165) is 35.7 Å². The van der Waals surface area contributed by atoms with Crippen LogP contribution in [0.15, 0.2) is 40.5 Å². The molecule has 7 rings (SSSR count). The summed E-state index contributed by atoms with van der Waals surface area (Å²) in [6.07, 6.45) is 6.24. The fraction of sp³-hybridized carbons (Fsp3) is 0.527. The number of pyridine rings is 2. The van der Waals surface area contributed by atoms with Crippen LogP contribution in [0.1, 0.15) is 107 Å². The first-order chi connectivity index (χ1) is 38.0. The van der Waals surface area contributed by atoms with Gasteiger partial charge in [0, 0.05) is 66.7 Å². The van der Waals surface area contributed by atoms with Crippen molar-refractivity contribution in [2.45, 2.75) is 128 Å². The van der Waals surface area contributed by atoms with Crippen LogP contribution in [0.5, 0.6) is 11.5 Å². The summed E-state index contributed by atoms with van der Waals surface area (Å²) in [5.74, 6) is 3.04. The van der Waals surface area contributed by atoms with Crippen LogP contribution < -0.4 is 36.3 Å². The van der Waals surface area contributed by atoms with Gasteiger partial charge in [0.05, 0.1) is 41.1 Å². The normalized spacial score (nSPS) is 15.8. The quantitative estimate of drug-likeness (QED) is 0.0182. The fourth-order valence-electron chi connectivity index (χ4n) is 9.61. The standard InChI is InChI=1S/C55H70N10O14S/c1-9-55(73)39-22-42-49-37(27-65(42)52(71)38(39)28-77-53(55)72)35(36-21-43-44(79-31-78-43)23-41(36)60-49)18-20-64(33(4)5)47(68)29-76-30-59-46(67)26-56-50(69)40(16-13-14-19-63(6)7)61-51(70)48(32(2)3)62-45(66)17-12-10-11-15-34-24-57-54(58-25-34)80(8,74)75/h21-25,32-33,40,48,73H,9-10,12-14,16-20,26-31H2,1-8H3,(H,56,69)(H,59,67)(H,61,70)(H,62,66)/t40-,48-,55-/m0/s1. The molecule has 24 nitrogen and oxygen atoms in total. The Morgan fingerprint density at radius 2 is 1.64 bits per heavy atom. The number of rotatable bonds is 25. The first kappa shape index (κ1) is 60.1. The van der Waals surface area contributed by atoms with Gasteiger partial charge in [0.1, 0.15) is 32.0 Å². The van der Waals surface area contributed by atoms with Crippen LogP contribution in [-0.2, 0) is 73.3 Å². The smallest absolute Gasteiger partial charge is 0.343 e. The Balaban J connectivity index is 0.921. The molecule has 1 aromatic carbocycles.